The topological polar surface area (TPSA) is 14.2 Å². The minimum Gasteiger partial charge on any atom is -0.385 e. The second kappa shape index (κ2) is 5.87. The maximum atomic E-state index is 5.09. The summed E-state index contributed by atoms with van der Waals surface area (Å²) < 4.78 is 7.32. The Hall–Kier alpha value is -1.54. The van der Waals surface area contributed by atoms with E-state index in [0.29, 0.717) is 0 Å². The predicted octanol–water partition coefficient (Wildman–Crippen LogP) is 4.10. The number of fused-ring (bicyclic) bond motifs is 1. The van der Waals surface area contributed by atoms with E-state index in [-0.39, 0.29) is 0 Å². The van der Waals surface area contributed by atoms with Gasteiger partial charge in [0.15, 0.2) is 0 Å². The zero-order valence-electron chi connectivity index (χ0n) is 11.3. The molecule has 2 rings (SSSR count). The molecule has 0 aliphatic carbocycles. The molecule has 0 fully saturated rings. The van der Waals surface area contributed by atoms with Crippen molar-refractivity contribution < 1.29 is 4.74 Å². The fraction of sp³-hybridized carbons (Fsp3) is 0.375. The van der Waals surface area contributed by atoms with Crippen molar-refractivity contribution >= 4 is 16.6 Å². The Kier molecular flexibility index (Phi) is 4.21. The van der Waals surface area contributed by atoms with Crippen molar-refractivity contribution in [1.82, 2.24) is 4.57 Å². The molecule has 2 aromatic rings. The standard InChI is InChI=1S/C16H21NO/c1-4-14-12-17(13(2)8-7-11-18-3)16-10-6-5-9-15(14)16/h5-6,9-10,12H,2,4,7-8,11H2,1,3H3. The number of aryl methyl sites for hydroxylation is 1. The van der Waals surface area contributed by atoms with Gasteiger partial charge in [-0.15, -0.1) is 0 Å². The lowest BCUT2D eigenvalue weighted by molar-refractivity contribution is 0.196. The Labute approximate surface area is 109 Å². The lowest BCUT2D eigenvalue weighted by atomic mass is 10.1. The summed E-state index contributed by atoms with van der Waals surface area (Å²) in [6.45, 7) is 7.19. The summed E-state index contributed by atoms with van der Waals surface area (Å²) in [6.07, 6.45) is 5.26. The average Bonchev–Trinajstić information content (AvgIpc) is 2.78. The van der Waals surface area contributed by atoms with E-state index in [1.807, 2.05) is 0 Å². The lowest BCUT2D eigenvalue weighted by Gasteiger charge is -2.08. The zero-order chi connectivity index (χ0) is 13.0. The maximum absolute atomic E-state index is 5.09. The number of benzene rings is 1. The van der Waals surface area contributed by atoms with E-state index in [4.69, 9.17) is 4.74 Å². The third kappa shape index (κ3) is 2.49. The van der Waals surface area contributed by atoms with Crippen LogP contribution in [0.5, 0.6) is 0 Å². The molecule has 0 atom stereocenters. The second-order valence-corrected chi connectivity index (χ2v) is 4.56. The molecule has 0 saturated carbocycles. The van der Waals surface area contributed by atoms with Gasteiger partial charge < -0.3 is 9.30 Å². The highest BCUT2D eigenvalue weighted by Gasteiger charge is 2.08. The van der Waals surface area contributed by atoms with Gasteiger partial charge >= 0.3 is 0 Å². The molecule has 0 spiro atoms. The van der Waals surface area contributed by atoms with Crippen LogP contribution in [-0.2, 0) is 11.2 Å². The van der Waals surface area contributed by atoms with Gasteiger partial charge in [-0.1, -0.05) is 31.7 Å². The Morgan fingerprint density at radius 2 is 2.11 bits per heavy atom. The van der Waals surface area contributed by atoms with Gasteiger partial charge in [-0.25, -0.2) is 0 Å². The number of aromatic nitrogens is 1. The first-order valence-electron chi connectivity index (χ1n) is 6.54. The maximum Gasteiger partial charge on any atom is 0.0527 e. The molecular weight excluding hydrogens is 222 g/mol. The van der Waals surface area contributed by atoms with Crippen molar-refractivity contribution in [2.24, 2.45) is 0 Å². The molecule has 0 radical (unpaired) electrons. The number of hydrogen-bond acceptors (Lipinski definition) is 1. The predicted molar refractivity (Wildman–Crippen MR) is 77.8 cm³/mol. The van der Waals surface area contributed by atoms with Crippen molar-refractivity contribution in [2.45, 2.75) is 26.2 Å². The van der Waals surface area contributed by atoms with E-state index in [2.05, 4.69) is 48.5 Å². The molecule has 0 N–H and O–H groups in total. The van der Waals surface area contributed by atoms with Crippen LogP contribution in [0.2, 0.25) is 0 Å². The van der Waals surface area contributed by atoms with Crippen LogP contribution in [0, 0.1) is 0 Å². The van der Waals surface area contributed by atoms with Gasteiger partial charge in [-0.2, -0.15) is 0 Å². The van der Waals surface area contributed by atoms with Crippen LogP contribution in [0.15, 0.2) is 37.0 Å². The van der Waals surface area contributed by atoms with E-state index >= 15 is 0 Å². The lowest BCUT2D eigenvalue weighted by Crippen LogP contribution is -1.96. The Bertz CT molecular complexity index is 539. The van der Waals surface area contributed by atoms with Gasteiger partial charge in [0, 0.05) is 31.0 Å². The first-order valence-corrected chi connectivity index (χ1v) is 6.54. The van der Waals surface area contributed by atoms with Crippen molar-refractivity contribution in [1.29, 1.82) is 0 Å². The number of ether oxygens (including phenoxy) is 1. The van der Waals surface area contributed by atoms with Crippen LogP contribution in [0.4, 0.5) is 0 Å². The highest BCUT2D eigenvalue weighted by Crippen LogP contribution is 2.25. The van der Waals surface area contributed by atoms with Gasteiger partial charge in [0.1, 0.15) is 0 Å². The number of rotatable bonds is 6. The first-order chi connectivity index (χ1) is 8.77. The Morgan fingerprint density at radius 1 is 1.33 bits per heavy atom. The molecule has 2 heteroatoms. The van der Waals surface area contributed by atoms with Gasteiger partial charge in [-0.3, -0.25) is 0 Å². The number of methoxy groups -OCH3 is 1. The molecule has 0 aliphatic rings. The molecule has 2 nitrogen and oxygen atoms in total. The first kappa shape index (κ1) is 12.9. The molecule has 18 heavy (non-hydrogen) atoms. The van der Waals surface area contributed by atoms with Gasteiger partial charge in [0.25, 0.3) is 0 Å². The van der Waals surface area contributed by atoms with Crippen LogP contribution in [-0.4, -0.2) is 18.3 Å². The Balaban J connectivity index is 2.30. The highest BCUT2D eigenvalue weighted by atomic mass is 16.5. The highest BCUT2D eigenvalue weighted by molar-refractivity contribution is 5.86. The molecule has 1 aromatic heterocycles. The van der Waals surface area contributed by atoms with Crippen molar-refractivity contribution in [3.05, 3.63) is 42.6 Å². The smallest absolute Gasteiger partial charge is 0.0527 e. The van der Waals surface area contributed by atoms with Crippen LogP contribution in [0.1, 0.15) is 25.3 Å². The molecule has 0 saturated heterocycles. The fourth-order valence-corrected chi connectivity index (χ4v) is 2.33. The number of para-hydroxylation sites is 1. The van der Waals surface area contributed by atoms with Crippen LogP contribution >= 0.6 is 0 Å². The van der Waals surface area contributed by atoms with Crippen LogP contribution in [0.3, 0.4) is 0 Å². The number of hydrogen-bond donors (Lipinski definition) is 0. The summed E-state index contributed by atoms with van der Waals surface area (Å²) in [7, 11) is 1.74. The van der Waals surface area contributed by atoms with E-state index in [1.165, 1.54) is 16.5 Å². The van der Waals surface area contributed by atoms with Gasteiger partial charge in [0.05, 0.1) is 5.52 Å². The molecule has 1 aromatic carbocycles. The largest absolute Gasteiger partial charge is 0.385 e. The van der Waals surface area contributed by atoms with Crippen LogP contribution < -0.4 is 0 Å². The third-order valence-electron chi connectivity index (χ3n) is 3.33. The summed E-state index contributed by atoms with van der Waals surface area (Å²) in [5.41, 5.74) is 3.79. The number of nitrogens with zero attached hydrogens (tertiary/aromatic N) is 1. The number of allylic oxidation sites excluding steroid dienone is 1. The molecule has 0 amide bonds. The van der Waals surface area contributed by atoms with E-state index in [0.717, 1.165) is 31.6 Å². The van der Waals surface area contributed by atoms with Gasteiger partial charge in [-0.05, 0) is 30.9 Å². The molecule has 0 aliphatic heterocycles. The summed E-state index contributed by atoms with van der Waals surface area (Å²) in [5.74, 6) is 0. The molecular formula is C16H21NO. The summed E-state index contributed by atoms with van der Waals surface area (Å²) in [5, 5.41) is 1.34. The van der Waals surface area contributed by atoms with Crippen molar-refractivity contribution in [3.63, 3.8) is 0 Å². The Morgan fingerprint density at radius 3 is 2.83 bits per heavy atom. The van der Waals surface area contributed by atoms with E-state index in [1.54, 1.807) is 7.11 Å². The SMILES string of the molecule is C=C(CCCOC)n1cc(CC)c2ccccc21. The molecule has 1 heterocycles. The minimum atomic E-state index is 0.791. The van der Waals surface area contributed by atoms with Crippen molar-refractivity contribution in [3.8, 4) is 0 Å². The minimum absolute atomic E-state index is 0.791. The van der Waals surface area contributed by atoms with E-state index < -0.39 is 0 Å². The fourth-order valence-electron chi connectivity index (χ4n) is 2.33. The average molecular weight is 243 g/mol. The summed E-state index contributed by atoms with van der Waals surface area (Å²) in [4.78, 5) is 0. The van der Waals surface area contributed by atoms with Crippen LogP contribution in [0.25, 0.3) is 16.6 Å². The van der Waals surface area contributed by atoms with Gasteiger partial charge in [0.2, 0.25) is 0 Å². The monoisotopic (exact) mass is 243 g/mol. The molecule has 0 unspecified atom stereocenters. The quantitative estimate of drug-likeness (QED) is 0.697. The molecule has 0 bridgehead atoms. The summed E-state index contributed by atoms with van der Waals surface area (Å²) in [6, 6.07) is 8.53. The van der Waals surface area contributed by atoms with Crippen molar-refractivity contribution in [2.75, 3.05) is 13.7 Å². The molecule has 96 valence electrons. The van der Waals surface area contributed by atoms with E-state index in [9.17, 15) is 0 Å². The zero-order valence-corrected chi connectivity index (χ0v) is 11.3. The normalized spacial score (nSPS) is 11.0. The second-order valence-electron chi connectivity index (χ2n) is 4.56. The third-order valence-corrected chi connectivity index (χ3v) is 3.33. The summed E-state index contributed by atoms with van der Waals surface area (Å²) >= 11 is 0.